The van der Waals surface area contributed by atoms with Crippen molar-refractivity contribution in [2.24, 2.45) is 0 Å². The molecule has 17 heavy (non-hydrogen) atoms. The van der Waals surface area contributed by atoms with Crippen molar-refractivity contribution in [3.8, 4) is 0 Å². The molecule has 0 N–H and O–H groups in total. The zero-order chi connectivity index (χ0) is 12.7. The molecule has 0 aromatic carbocycles. The summed E-state index contributed by atoms with van der Waals surface area (Å²) in [6, 6.07) is 0.979. The van der Waals surface area contributed by atoms with Crippen molar-refractivity contribution in [2.45, 2.75) is 58.5 Å². The Kier molecular flexibility index (Phi) is 7.30. The van der Waals surface area contributed by atoms with E-state index in [4.69, 9.17) is 18.3 Å². The highest BCUT2D eigenvalue weighted by Crippen LogP contribution is 2.10. The summed E-state index contributed by atoms with van der Waals surface area (Å²) < 4.78 is 22.2. The summed E-state index contributed by atoms with van der Waals surface area (Å²) in [5.41, 5.74) is 0. The number of epoxide rings is 1. The van der Waals surface area contributed by atoms with E-state index in [0.717, 1.165) is 32.3 Å². The van der Waals surface area contributed by atoms with E-state index >= 15 is 0 Å². The van der Waals surface area contributed by atoms with Crippen LogP contribution >= 0.6 is 0 Å². The predicted octanol–water partition coefficient (Wildman–Crippen LogP) is 2.13. The van der Waals surface area contributed by atoms with Crippen LogP contribution in [0.5, 0.6) is 0 Å². The molecule has 1 rings (SSSR count). The van der Waals surface area contributed by atoms with Crippen molar-refractivity contribution in [3.05, 3.63) is 0 Å². The Morgan fingerprint density at radius 2 is 1.76 bits per heavy atom. The van der Waals surface area contributed by atoms with Crippen molar-refractivity contribution in [2.75, 3.05) is 19.8 Å². The maximum atomic E-state index is 5.80. The van der Waals surface area contributed by atoms with E-state index in [1.54, 1.807) is 0 Å². The molecule has 0 aliphatic carbocycles. The molecule has 1 heterocycles. The molecule has 4 nitrogen and oxygen atoms in total. The summed E-state index contributed by atoms with van der Waals surface area (Å²) >= 11 is 0. The normalized spacial score (nSPS) is 19.6. The molecule has 101 valence electrons. The van der Waals surface area contributed by atoms with Gasteiger partial charge >= 0.3 is 9.28 Å². The van der Waals surface area contributed by atoms with Gasteiger partial charge in [-0.3, -0.25) is 0 Å². The Morgan fingerprint density at radius 1 is 1.18 bits per heavy atom. The van der Waals surface area contributed by atoms with Gasteiger partial charge in [-0.25, -0.2) is 0 Å². The van der Waals surface area contributed by atoms with Crippen molar-refractivity contribution in [1.82, 2.24) is 0 Å². The summed E-state index contributed by atoms with van der Waals surface area (Å²) in [5, 5.41) is 0. The van der Waals surface area contributed by atoms with Gasteiger partial charge in [-0.15, -0.1) is 0 Å². The molecule has 1 aliphatic rings. The van der Waals surface area contributed by atoms with Gasteiger partial charge in [0, 0.05) is 18.8 Å². The number of hydrogen-bond acceptors (Lipinski definition) is 4. The lowest BCUT2D eigenvalue weighted by Gasteiger charge is -2.20. The lowest BCUT2D eigenvalue weighted by atomic mass is 10.5. The number of hydrogen-bond donors (Lipinski definition) is 0. The fraction of sp³-hybridized carbons (Fsp3) is 1.00. The standard InChI is InChI=1S/C12H25O4Si/c1-10(2)15-17(16-11(3)4)7-5-6-13-8-12-9-14-12/h10-12H,5-9H2,1-4H3. The Labute approximate surface area is 106 Å². The van der Waals surface area contributed by atoms with Crippen molar-refractivity contribution < 1.29 is 18.3 Å². The van der Waals surface area contributed by atoms with E-state index in [0.29, 0.717) is 6.10 Å². The molecule has 0 saturated carbocycles. The first-order valence-corrected chi connectivity index (χ1v) is 7.98. The van der Waals surface area contributed by atoms with Crippen LogP contribution in [0.4, 0.5) is 0 Å². The summed E-state index contributed by atoms with van der Waals surface area (Å²) in [4.78, 5) is 0. The highest BCUT2D eigenvalue weighted by molar-refractivity contribution is 6.44. The average Bonchev–Trinajstić information content (AvgIpc) is 2.98. The van der Waals surface area contributed by atoms with Crippen LogP contribution in [-0.4, -0.2) is 47.4 Å². The molecule has 1 unspecified atom stereocenters. The van der Waals surface area contributed by atoms with Gasteiger partial charge in [-0.2, -0.15) is 0 Å². The van der Waals surface area contributed by atoms with Crippen molar-refractivity contribution >= 4 is 9.28 Å². The summed E-state index contributed by atoms with van der Waals surface area (Å²) in [7, 11) is -1.14. The lowest BCUT2D eigenvalue weighted by molar-refractivity contribution is 0.107. The van der Waals surface area contributed by atoms with Gasteiger partial charge in [0.2, 0.25) is 0 Å². The molecular formula is C12H25O4Si. The molecule has 0 bridgehead atoms. The zero-order valence-corrected chi connectivity index (χ0v) is 12.4. The minimum atomic E-state index is -1.14. The minimum Gasteiger partial charge on any atom is -0.391 e. The Hall–Kier alpha value is 0.0569. The topological polar surface area (TPSA) is 40.2 Å². The predicted molar refractivity (Wildman–Crippen MR) is 68.2 cm³/mol. The van der Waals surface area contributed by atoms with Gasteiger partial charge in [0.1, 0.15) is 6.10 Å². The van der Waals surface area contributed by atoms with Crippen LogP contribution in [0, 0.1) is 0 Å². The molecule has 1 aliphatic heterocycles. The van der Waals surface area contributed by atoms with Crippen LogP contribution in [0.3, 0.4) is 0 Å². The third-order valence-corrected chi connectivity index (χ3v) is 4.34. The zero-order valence-electron chi connectivity index (χ0n) is 11.4. The molecule has 0 aromatic heterocycles. The third-order valence-electron chi connectivity index (χ3n) is 2.11. The lowest BCUT2D eigenvalue weighted by Crippen LogP contribution is -2.29. The number of rotatable bonds is 10. The first-order valence-electron chi connectivity index (χ1n) is 6.46. The Morgan fingerprint density at radius 3 is 2.24 bits per heavy atom. The smallest absolute Gasteiger partial charge is 0.385 e. The van der Waals surface area contributed by atoms with Crippen molar-refractivity contribution in [1.29, 1.82) is 0 Å². The van der Waals surface area contributed by atoms with Crippen LogP contribution in [0.2, 0.25) is 6.04 Å². The summed E-state index contributed by atoms with van der Waals surface area (Å²) in [6.45, 7) is 10.6. The maximum absolute atomic E-state index is 5.80. The molecule has 0 aromatic rings. The highest BCUT2D eigenvalue weighted by Gasteiger charge is 2.22. The highest BCUT2D eigenvalue weighted by atomic mass is 28.3. The average molecular weight is 261 g/mol. The molecule has 1 radical (unpaired) electrons. The molecule has 1 atom stereocenters. The monoisotopic (exact) mass is 261 g/mol. The fourth-order valence-corrected chi connectivity index (χ4v) is 3.14. The van der Waals surface area contributed by atoms with E-state index in [2.05, 4.69) is 27.7 Å². The Balaban J connectivity index is 2.04. The SMILES string of the molecule is CC(C)O[Si](CCCOCC1CO1)OC(C)C. The molecule has 0 amide bonds. The quantitative estimate of drug-likeness (QED) is 0.343. The third kappa shape index (κ3) is 8.74. The summed E-state index contributed by atoms with van der Waals surface area (Å²) in [5.74, 6) is 0. The van der Waals surface area contributed by atoms with Crippen LogP contribution in [0.25, 0.3) is 0 Å². The van der Waals surface area contributed by atoms with Crippen LogP contribution in [0.15, 0.2) is 0 Å². The van der Waals surface area contributed by atoms with Gasteiger partial charge in [0.15, 0.2) is 0 Å². The van der Waals surface area contributed by atoms with Gasteiger partial charge in [-0.05, 0) is 40.2 Å². The molecule has 0 spiro atoms. The second-order valence-corrected chi connectivity index (χ2v) is 6.55. The molecular weight excluding hydrogens is 236 g/mol. The molecule has 1 saturated heterocycles. The first kappa shape index (κ1) is 15.1. The van der Waals surface area contributed by atoms with E-state index in [9.17, 15) is 0 Å². The molecule has 5 heteroatoms. The largest absolute Gasteiger partial charge is 0.391 e. The van der Waals surface area contributed by atoms with E-state index in [1.807, 2.05) is 0 Å². The number of ether oxygens (including phenoxy) is 2. The maximum Gasteiger partial charge on any atom is 0.385 e. The Bertz CT molecular complexity index is 185. The van der Waals surface area contributed by atoms with Gasteiger partial charge in [-0.1, -0.05) is 0 Å². The van der Waals surface area contributed by atoms with Gasteiger partial charge < -0.3 is 18.3 Å². The van der Waals surface area contributed by atoms with E-state index < -0.39 is 9.28 Å². The van der Waals surface area contributed by atoms with Crippen LogP contribution in [0.1, 0.15) is 34.1 Å². The fourth-order valence-electron chi connectivity index (χ4n) is 1.37. The minimum absolute atomic E-state index is 0.239. The second kappa shape index (κ2) is 8.21. The summed E-state index contributed by atoms with van der Waals surface area (Å²) in [6.07, 6.45) is 1.84. The van der Waals surface area contributed by atoms with Gasteiger partial charge in [0.05, 0.1) is 13.2 Å². The second-order valence-electron chi connectivity index (χ2n) is 4.84. The van der Waals surface area contributed by atoms with E-state index in [-0.39, 0.29) is 12.2 Å². The van der Waals surface area contributed by atoms with Crippen molar-refractivity contribution in [3.63, 3.8) is 0 Å². The first-order chi connectivity index (χ1) is 8.08. The van der Waals surface area contributed by atoms with Crippen LogP contribution in [-0.2, 0) is 18.3 Å². The van der Waals surface area contributed by atoms with Crippen LogP contribution < -0.4 is 0 Å². The van der Waals surface area contributed by atoms with E-state index in [1.165, 1.54) is 0 Å². The van der Waals surface area contributed by atoms with Gasteiger partial charge in [0.25, 0.3) is 0 Å². The molecule has 1 fully saturated rings.